The maximum atomic E-state index is 3.71. The molecule has 0 N–H and O–H groups in total. The molecule has 0 amide bonds. The van der Waals surface area contributed by atoms with Crippen molar-refractivity contribution in [2.24, 2.45) is 0 Å². The zero-order chi connectivity index (χ0) is 7.68. The predicted molar refractivity (Wildman–Crippen MR) is 47.2 cm³/mol. The van der Waals surface area contributed by atoms with Crippen LogP contribution in [0.5, 0.6) is 0 Å². The molecular formula is C10H8NY-. The molecule has 1 aromatic carbocycles. The van der Waals surface area contributed by atoms with Crippen LogP contribution in [0.15, 0.2) is 37.0 Å². The second-order valence-electron chi connectivity index (χ2n) is 2.39. The van der Waals surface area contributed by atoms with Crippen molar-refractivity contribution in [3.05, 3.63) is 43.1 Å². The summed E-state index contributed by atoms with van der Waals surface area (Å²) in [6, 6.07) is 11.0. The Morgan fingerprint density at radius 1 is 1.42 bits per heavy atom. The average Bonchev–Trinajstić information content (AvgIpc) is 2.47. The van der Waals surface area contributed by atoms with Crippen molar-refractivity contribution in [3.8, 4) is 0 Å². The molecule has 2 rings (SSSR count). The molecule has 1 nitrogen and oxygen atoms in total. The number of aromatic nitrogens is 1. The summed E-state index contributed by atoms with van der Waals surface area (Å²) < 4.78 is 1.99. The van der Waals surface area contributed by atoms with Gasteiger partial charge in [-0.15, -0.1) is 11.5 Å². The predicted octanol–water partition coefficient (Wildman–Crippen LogP) is 2.54. The fourth-order valence-electron chi connectivity index (χ4n) is 1.20. The van der Waals surface area contributed by atoms with Gasteiger partial charge in [-0.2, -0.15) is 18.2 Å². The van der Waals surface area contributed by atoms with Gasteiger partial charge in [-0.05, 0) is 12.4 Å². The minimum Gasteiger partial charge on any atom is -0.348 e. The first-order chi connectivity index (χ1) is 5.42. The molecule has 0 unspecified atom stereocenters. The smallest absolute Gasteiger partial charge is 0 e. The van der Waals surface area contributed by atoms with Crippen LogP contribution in [0.1, 0.15) is 0 Å². The molecule has 1 radical (unpaired) electrons. The number of nitrogens with zero attached hydrogens (tertiary/aromatic N) is 1. The van der Waals surface area contributed by atoms with Crippen molar-refractivity contribution in [3.63, 3.8) is 0 Å². The van der Waals surface area contributed by atoms with Crippen LogP contribution in [0, 0.1) is 6.07 Å². The monoisotopic (exact) mass is 231 g/mol. The molecule has 1 heterocycles. The van der Waals surface area contributed by atoms with Crippen molar-refractivity contribution in [1.29, 1.82) is 0 Å². The van der Waals surface area contributed by atoms with E-state index in [2.05, 4.69) is 12.6 Å². The van der Waals surface area contributed by atoms with Gasteiger partial charge >= 0.3 is 0 Å². The molecule has 0 aliphatic heterocycles. The summed E-state index contributed by atoms with van der Waals surface area (Å²) in [4.78, 5) is 0. The molecule has 0 aliphatic rings. The van der Waals surface area contributed by atoms with Crippen LogP contribution in [0.3, 0.4) is 0 Å². The van der Waals surface area contributed by atoms with Crippen molar-refractivity contribution < 1.29 is 32.7 Å². The fraction of sp³-hybridized carbons (Fsp3) is 0. The summed E-state index contributed by atoms with van der Waals surface area (Å²) in [5.74, 6) is 0. The van der Waals surface area contributed by atoms with E-state index >= 15 is 0 Å². The Balaban J connectivity index is 0.000000720. The van der Waals surface area contributed by atoms with Gasteiger partial charge in [0.25, 0.3) is 0 Å². The maximum absolute atomic E-state index is 3.71. The second kappa shape index (κ2) is 4.02. The van der Waals surface area contributed by atoms with Gasteiger partial charge in [0.15, 0.2) is 0 Å². The van der Waals surface area contributed by atoms with Gasteiger partial charge in [-0.1, -0.05) is 18.2 Å². The van der Waals surface area contributed by atoms with Crippen LogP contribution in [0.25, 0.3) is 17.1 Å². The summed E-state index contributed by atoms with van der Waals surface area (Å²) in [5, 5.41) is 1.20. The minimum atomic E-state index is 0. The van der Waals surface area contributed by atoms with Crippen LogP contribution in [-0.2, 0) is 32.7 Å². The fourth-order valence-corrected chi connectivity index (χ4v) is 1.20. The molecule has 57 valence electrons. The van der Waals surface area contributed by atoms with E-state index in [1.807, 2.05) is 35.0 Å². The van der Waals surface area contributed by atoms with Crippen LogP contribution in [0.2, 0.25) is 0 Å². The molecule has 0 saturated heterocycles. The van der Waals surface area contributed by atoms with E-state index in [1.54, 1.807) is 6.20 Å². The molecule has 0 atom stereocenters. The molecule has 0 bridgehead atoms. The molecule has 1 aromatic heterocycles. The molecular weight excluding hydrogens is 223 g/mol. The van der Waals surface area contributed by atoms with Crippen LogP contribution in [0.4, 0.5) is 0 Å². The quantitative estimate of drug-likeness (QED) is 0.664. The second-order valence-corrected chi connectivity index (χ2v) is 2.39. The van der Waals surface area contributed by atoms with Crippen molar-refractivity contribution in [2.75, 3.05) is 0 Å². The number of benzene rings is 1. The minimum absolute atomic E-state index is 0. The first-order valence-electron chi connectivity index (χ1n) is 3.51. The Morgan fingerprint density at radius 3 is 3.00 bits per heavy atom. The van der Waals surface area contributed by atoms with Crippen molar-refractivity contribution in [1.82, 2.24) is 4.57 Å². The summed E-state index contributed by atoms with van der Waals surface area (Å²) in [6.45, 7) is 3.71. The van der Waals surface area contributed by atoms with E-state index in [0.717, 1.165) is 0 Å². The van der Waals surface area contributed by atoms with Gasteiger partial charge in [-0.25, -0.2) is 0 Å². The SMILES string of the molecule is C=Cn1ccc2c[c-]ccc21.[Y]. The van der Waals surface area contributed by atoms with E-state index in [0.29, 0.717) is 0 Å². The standard InChI is InChI=1S/C10H8N.Y/c1-2-11-8-7-9-5-3-4-6-10(9)11;/h2,4-8H,1H2;/q-1;. The van der Waals surface area contributed by atoms with Gasteiger partial charge in [-0.3, -0.25) is 0 Å². The molecule has 0 spiro atoms. The Hall–Kier alpha value is -0.396. The van der Waals surface area contributed by atoms with E-state index in [4.69, 9.17) is 0 Å². The average molecular weight is 231 g/mol. The number of fused-ring (bicyclic) bond motifs is 1. The number of hydrogen-bond donors (Lipinski definition) is 0. The zero-order valence-corrected chi connectivity index (χ0v) is 9.53. The molecule has 12 heavy (non-hydrogen) atoms. The van der Waals surface area contributed by atoms with Gasteiger partial charge in [0.05, 0.1) is 0 Å². The van der Waals surface area contributed by atoms with Gasteiger partial charge in [0.1, 0.15) is 0 Å². The van der Waals surface area contributed by atoms with Gasteiger partial charge in [0, 0.05) is 32.7 Å². The number of rotatable bonds is 1. The van der Waals surface area contributed by atoms with E-state index in [1.165, 1.54) is 10.9 Å². The maximum Gasteiger partial charge on any atom is 0 e. The van der Waals surface area contributed by atoms with Crippen LogP contribution >= 0.6 is 0 Å². The normalized spacial score (nSPS) is 9.33. The van der Waals surface area contributed by atoms with Gasteiger partial charge < -0.3 is 4.57 Å². The zero-order valence-electron chi connectivity index (χ0n) is 6.70. The topological polar surface area (TPSA) is 4.93 Å². The molecule has 2 heteroatoms. The molecule has 0 saturated carbocycles. The first kappa shape index (κ1) is 9.69. The third kappa shape index (κ3) is 1.52. The first-order valence-corrected chi connectivity index (χ1v) is 3.51. The summed E-state index contributed by atoms with van der Waals surface area (Å²) >= 11 is 0. The van der Waals surface area contributed by atoms with Crippen molar-refractivity contribution in [2.45, 2.75) is 0 Å². The summed E-state index contributed by atoms with van der Waals surface area (Å²) in [7, 11) is 0. The molecule has 0 aliphatic carbocycles. The van der Waals surface area contributed by atoms with E-state index in [-0.39, 0.29) is 32.7 Å². The van der Waals surface area contributed by atoms with Crippen molar-refractivity contribution >= 4 is 17.1 Å². The molecule has 2 aromatic rings. The Bertz CT molecular complexity index is 389. The third-order valence-corrected chi connectivity index (χ3v) is 1.76. The Kier molecular flexibility index (Phi) is 3.24. The van der Waals surface area contributed by atoms with E-state index in [9.17, 15) is 0 Å². The van der Waals surface area contributed by atoms with Crippen LogP contribution in [-0.4, -0.2) is 4.57 Å². The Labute approximate surface area is 97.0 Å². The third-order valence-electron chi connectivity index (χ3n) is 1.76. The summed E-state index contributed by atoms with van der Waals surface area (Å²) in [6.07, 6.45) is 3.79. The van der Waals surface area contributed by atoms with Crippen LogP contribution < -0.4 is 0 Å². The molecule has 0 fully saturated rings. The van der Waals surface area contributed by atoms with Gasteiger partial charge in [0.2, 0.25) is 0 Å². The summed E-state index contributed by atoms with van der Waals surface area (Å²) in [5.41, 5.74) is 1.18. The largest absolute Gasteiger partial charge is 0.348 e. The Morgan fingerprint density at radius 2 is 2.25 bits per heavy atom. The number of hydrogen-bond acceptors (Lipinski definition) is 0. The van der Waals surface area contributed by atoms with E-state index < -0.39 is 0 Å².